The highest BCUT2D eigenvalue weighted by Crippen LogP contribution is 2.32. The highest BCUT2D eigenvalue weighted by molar-refractivity contribution is 5.84. The molecule has 1 aliphatic carbocycles. The summed E-state index contributed by atoms with van der Waals surface area (Å²) in [6.45, 7) is 3.07. The van der Waals surface area contributed by atoms with Crippen LogP contribution < -0.4 is 25.1 Å². The zero-order chi connectivity index (χ0) is 23.4. The van der Waals surface area contributed by atoms with Gasteiger partial charge >= 0.3 is 0 Å². The maximum atomic E-state index is 12.5. The van der Waals surface area contributed by atoms with Crippen molar-refractivity contribution in [1.82, 2.24) is 9.88 Å². The molecule has 4 rings (SSSR count). The number of fused-ring (bicyclic) bond motifs is 1. The molecule has 3 aromatic rings. The van der Waals surface area contributed by atoms with Crippen LogP contribution in [-0.2, 0) is 17.8 Å². The number of aryl methyl sites for hydroxylation is 1. The van der Waals surface area contributed by atoms with Crippen molar-refractivity contribution < 1.29 is 19.0 Å². The van der Waals surface area contributed by atoms with E-state index in [2.05, 4.69) is 5.32 Å². The van der Waals surface area contributed by atoms with Gasteiger partial charge in [0.25, 0.3) is 11.5 Å². The monoisotopic (exact) mass is 450 g/mol. The van der Waals surface area contributed by atoms with Crippen molar-refractivity contribution in [3.63, 3.8) is 0 Å². The quantitative estimate of drug-likeness (QED) is 0.512. The maximum Gasteiger partial charge on any atom is 0.257 e. The zero-order valence-electron chi connectivity index (χ0n) is 19.3. The molecule has 7 nitrogen and oxygen atoms in total. The number of benzene rings is 2. The van der Waals surface area contributed by atoms with E-state index >= 15 is 0 Å². The SMILES string of the molecule is COc1ccc(CCNC(=O)COc2ccc3c(C)cc(=O)n(CC4CC4)c3c2)cc1OC. The number of ether oxygens (including phenoxy) is 3. The van der Waals surface area contributed by atoms with E-state index in [0.717, 1.165) is 28.6 Å². The lowest BCUT2D eigenvalue weighted by Gasteiger charge is -2.14. The summed E-state index contributed by atoms with van der Waals surface area (Å²) < 4.78 is 18.1. The number of rotatable bonds is 10. The predicted octanol–water partition coefficient (Wildman–Crippen LogP) is 3.47. The molecule has 1 aromatic heterocycles. The molecule has 0 bridgehead atoms. The molecule has 1 amide bonds. The highest BCUT2D eigenvalue weighted by Gasteiger charge is 2.23. The summed E-state index contributed by atoms with van der Waals surface area (Å²) >= 11 is 0. The molecular formula is C26H30N2O5. The summed E-state index contributed by atoms with van der Waals surface area (Å²) in [5, 5.41) is 3.91. The molecule has 1 N–H and O–H groups in total. The molecule has 1 aliphatic rings. The van der Waals surface area contributed by atoms with Gasteiger partial charge in [-0.1, -0.05) is 6.07 Å². The maximum absolute atomic E-state index is 12.5. The lowest BCUT2D eigenvalue weighted by molar-refractivity contribution is -0.123. The van der Waals surface area contributed by atoms with Gasteiger partial charge in [-0.05, 0) is 67.5 Å². The topological polar surface area (TPSA) is 78.8 Å². The Morgan fingerprint density at radius 3 is 2.58 bits per heavy atom. The van der Waals surface area contributed by atoms with Gasteiger partial charge in [0.1, 0.15) is 5.75 Å². The Hall–Kier alpha value is -3.48. The van der Waals surface area contributed by atoms with Crippen LogP contribution in [0.5, 0.6) is 17.2 Å². The third-order valence-corrected chi connectivity index (χ3v) is 5.98. The van der Waals surface area contributed by atoms with E-state index < -0.39 is 0 Å². The summed E-state index contributed by atoms with van der Waals surface area (Å²) in [6.07, 6.45) is 3.00. The Labute approximate surface area is 193 Å². The molecule has 1 fully saturated rings. The number of nitrogens with zero attached hydrogens (tertiary/aromatic N) is 1. The fraction of sp³-hybridized carbons (Fsp3) is 0.385. The van der Waals surface area contributed by atoms with E-state index in [4.69, 9.17) is 14.2 Å². The fourth-order valence-electron chi connectivity index (χ4n) is 3.95. The molecule has 0 unspecified atom stereocenters. The lowest BCUT2D eigenvalue weighted by atomic mass is 10.1. The number of carbonyl (C=O) groups is 1. The van der Waals surface area contributed by atoms with Gasteiger partial charge in [-0.2, -0.15) is 0 Å². The van der Waals surface area contributed by atoms with Gasteiger partial charge < -0.3 is 24.1 Å². The summed E-state index contributed by atoms with van der Waals surface area (Å²) in [5.41, 5.74) is 2.85. The molecule has 0 saturated heterocycles. The predicted molar refractivity (Wildman–Crippen MR) is 127 cm³/mol. The lowest BCUT2D eigenvalue weighted by Crippen LogP contribution is -2.30. The third kappa shape index (κ3) is 5.48. The first-order valence-electron chi connectivity index (χ1n) is 11.2. The number of pyridine rings is 1. The van der Waals surface area contributed by atoms with Crippen LogP contribution in [0.15, 0.2) is 47.3 Å². The minimum atomic E-state index is -0.199. The van der Waals surface area contributed by atoms with E-state index in [0.29, 0.717) is 36.1 Å². The molecule has 1 heterocycles. The second-order valence-electron chi connectivity index (χ2n) is 8.48. The van der Waals surface area contributed by atoms with Crippen molar-refractivity contribution in [2.75, 3.05) is 27.4 Å². The summed E-state index contributed by atoms with van der Waals surface area (Å²) in [7, 11) is 3.20. The Morgan fingerprint density at radius 2 is 1.85 bits per heavy atom. The molecule has 0 radical (unpaired) electrons. The third-order valence-electron chi connectivity index (χ3n) is 5.98. The van der Waals surface area contributed by atoms with E-state index in [1.165, 1.54) is 12.8 Å². The Kier molecular flexibility index (Phi) is 6.87. The number of hydrogen-bond acceptors (Lipinski definition) is 5. The number of aromatic nitrogens is 1. The molecule has 1 saturated carbocycles. The average molecular weight is 451 g/mol. The molecule has 174 valence electrons. The van der Waals surface area contributed by atoms with E-state index in [1.807, 2.05) is 47.9 Å². The van der Waals surface area contributed by atoms with Gasteiger partial charge in [0.15, 0.2) is 18.1 Å². The first-order chi connectivity index (χ1) is 16.0. The van der Waals surface area contributed by atoms with Gasteiger partial charge in [0.05, 0.1) is 19.7 Å². The van der Waals surface area contributed by atoms with Crippen LogP contribution in [0.1, 0.15) is 24.0 Å². The van der Waals surface area contributed by atoms with E-state index in [1.54, 1.807) is 20.3 Å². The zero-order valence-corrected chi connectivity index (χ0v) is 19.3. The molecule has 7 heteroatoms. The Balaban J connectivity index is 1.35. The summed E-state index contributed by atoms with van der Waals surface area (Å²) in [6, 6.07) is 13.1. The highest BCUT2D eigenvalue weighted by atomic mass is 16.5. The molecule has 0 spiro atoms. The summed E-state index contributed by atoms with van der Waals surface area (Å²) in [5.74, 6) is 2.29. The molecule has 0 aliphatic heterocycles. The molecule has 33 heavy (non-hydrogen) atoms. The van der Waals surface area contributed by atoms with Crippen molar-refractivity contribution in [1.29, 1.82) is 0 Å². The Bertz CT molecular complexity index is 1210. The van der Waals surface area contributed by atoms with Crippen LogP contribution in [0, 0.1) is 12.8 Å². The average Bonchev–Trinajstić information content (AvgIpc) is 3.64. The van der Waals surface area contributed by atoms with Gasteiger partial charge in [-0.3, -0.25) is 9.59 Å². The van der Waals surface area contributed by atoms with Crippen LogP contribution >= 0.6 is 0 Å². The second kappa shape index (κ2) is 9.98. The van der Waals surface area contributed by atoms with Gasteiger partial charge in [0.2, 0.25) is 0 Å². The van der Waals surface area contributed by atoms with Gasteiger partial charge in [-0.25, -0.2) is 0 Å². The van der Waals surface area contributed by atoms with Crippen molar-refractivity contribution in [3.8, 4) is 17.2 Å². The molecule has 2 aromatic carbocycles. The first-order valence-corrected chi connectivity index (χ1v) is 11.2. The first kappa shape index (κ1) is 22.7. The largest absolute Gasteiger partial charge is 0.493 e. The van der Waals surface area contributed by atoms with E-state index in [9.17, 15) is 9.59 Å². The Morgan fingerprint density at radius 1 is 1.06 bits per heavy atom. The van der Waals surface area contributed by atoms with Crippen molar-refractivity contribution in [2.24, 2.45) is 5.92 Å². The summed E-state index contributed by atoms with van der Waals surface area (Å²) in [4.78, 5) is 24.8. The number of hydrogen-bond donors (Lipinski definition) is 1. The van der Waals surface area contributed by atoms with Crippen LogP contribution in [0.2, 0.25) is 0 Å². The van der Waals surface area contributed by atoms with Crippen LogP contribution in [0.3, 0.4) is 0 Å². The van der Waals surface area contributed by atoms with Gasteiger partial charge in [0, 0.05) is 30.6 Å². The van der Waals surface area contributed by atoms with Crippen molar-refractivity contribution in [2.45, 2.75) is 32.7 Å². The van der Waals surface area contributed by atoms with Crippen LogP contribution in [0.4, 0.5) is 0 Å². The number of amides is 1. The smallest absolute Gasteiger partial charge is 0.257 e. The van der Waals surface area contributed by atoms with Crippen LogP contribution in [-0.4, -0.2) is 37.8 Å². The van der Waals surface area contributed by atoms with Crippen molar-refractivity contribution >= 4 is 16.8 Å². The second-order valence-corrected chi connectivity index (χ2v) is 8.48. The van der Waals surface area contributed by atoms with Crippen molar-refractivity contribution in [3.05, 3.63) is 63.9 Å². The minimum Gasteiger partial charge on any atom is -0.493 e. The fourth-order valence-corrected chi connectivity index (χ4v) is 3.95. The molecular weight excluding hydrogens is 420 g/mol. The number of nitrogens with one attached hydrogen (secondary N) is 1. The van der Waals surface area contributed by atoms with Gasteiger partial charge in [-0.15, -0.1) is 0 Å². The standard InChI is InChI=1S/C26H30N2O5/c1-17-12-26(30)28(15-19-4-5-19)22-14-20(7-8-21(17)22)33-16-25(29)27-11-10-18-6-9-23(31-2)24(13-18)32-3/h6-9,12-14,19H,4-5,10-11,15-16H2,1-3H3,(H,27,29). The minimum absolute atomic E-state index is 0.0111. The van der Waals surface area contributed by atoms with Crippen LogP contribution in [0.25, 0.3) is 10.9 Å². The normalized spacial score (nSPS) is 13.1. The number of methoxy groups -OCH3 is 2. The molecule has 0 atom stereocenters. The van der Waals surface area contributed by atoms with E-state index in [-0.39, 0.29) is 18.1 Å². The number of carbonyl (C=O) groups excluding carboxylic acids is 1.